The fourth-order valence-corrected chi connectivity index (χ4v) is 2.63. The average Bonchev–Trinajstić information content (AvgIpc) is 2.83. The minimum atomic E-state index is -0.280. The van der Waals surface area contributed by atoms with Crippen LogP contribution in [-0.4, -0.2) is 12.3 Å². The van der Waals surface area contributed by atoms with Gasteiger partial charge in [0.2, 0.25) is 0 Å². The van der Waals surface area contributed by atoms with Crippen LogP contribution in [0.1, 0.15) is 41.0 Å². The molecule has 1 unspecified atom stereocenters. The first-order valence-electron chi connectivity index (χ1n) is 7.08. The van der Waals surface area contributed by atoms with Crippen LogP contribution in [0.25, 0.3) is 0 Å². The van der Waals surface area contributed by atoms with Gasteiger partial charge in [0, 0.05) is 5.56 Å². The molecule has 0 aliphatic carbocycles. The quantitative estimate of drug-likeness (QED) is 0.839. The van der Waals surface area contributed by atoms with Crippen LogP contribution in [0.15, 0.2) is 22.7 Å². The maximum absolute atomic E-state index is 9.54. The van der Waals surface area contributed by atoms with Crippen LogP contribution in [0.4, 0.5) is 0 Å². The smallest absolute Gasteiger partial charge is 0.138 e. The van der Waals surface area contributed by atoms with Crippen LogP contribution in [0.2, 0.25) is 0 Å². The molecule has 0 N–H and O–H groups in total. The van der Waals surface area contributed by atoms with Crippen LogP contribution < -0.4 is 4.74 Å². The number of rotatable bonds is 5. The summed E-state index contributed by atoms with van der Waals surface area (Å²) in [6, 6.07) is 8.50. The van der Waals surface area contributed by atoms with Crippen molar-refractivity contribution in [2.24, 2.45) is 0 Å². The van der Waals surface area contributed by atoms with Gasteiger partial charge in [-0.2, -0.15) is 5.26 Å². The Morgan fingerprint density at radius 1 is 1.38 bits per heavy atom. The first-order chi connectivity index (χ1) is 10.1. The van der Waals surface area contributed by atoms with E-state index in [0.717, 1.165) is 29.0 Å². The van der Waals surface area contributed by atoms with Crippen molar-refractivity contribution in [2.45, 2.75) is 39.5 Å². The lowest BCUT2D eigenvalue weighted by molar-refractivity contribution is 0.391. The monoisotopic (exact) mass is 284 g/mol. The molecule has 0 radical (unpaired) electrons. The number of hydrogen-bond donors (Lipinski definition) is 0. The summed E-state index contributed by atoms with van der Waals surface area (Å²) in [4.78, 5) is 0. The van der Waals surface area contributed by atoms with Crippen molar-refractivity contribution in [1.29, 1.82) is 5.26 Å². The number of methoxy groups -OCH3 is 1. The number of ether oxygens (including phenoxy) is 1. The van der Waals surface area contributed by atoms with E-state index in [9.17, 15) is 5.26 Å². The Morgan fingerprint density at radius 3 is 2.67 bits per heavy atom. The highest BCUT2D eigenvalue weighted by atomic mass is 16.5. The summed E-state index contributed by atoms with van der Waals surface area (Å²) in [5.74, 6) is 1.25. The fraction of sp³-hybridized carbons (Fsp3) is 0.412. The summed E-state index contributed by atoms with van der Waals surface area (Å²) in [6.07, 6.45) is 1.55. The van der Waals surface area contributed by atoms with Gasteiger partial charge in [0.25, 0.3) is 0 Å². The van der Waals surface area contributed by atoms with E-state index in [0.29, 0.717) is 12.2 Å². The Kier molecular flexibility index (Phi) is 4.64. The molecule has 21 heavy (non-hydrogen) atoms. The van der Waals surface area contributed by atoms with Crippen LogP contribution >= 0.6 is 0 Å². The summed E-state index contributed by atoms with van der Waals surface area (Å²) < 4.78 is 10.6. The summed E-state index contributed by atoms with van der Waals surface area (Å²) in [5.41, 5.74) is 3.95. The van der Waals surface area contributed by atoms with Crippen LogP contribution in [0, 0.1) is 25.2 Å². The van der Waals surface area contributed by atoms with Crippen molar-refractivity contribution < 1.29 is 9.26 Å². The van der Waals surface area contributed by atoms with Crippen LogP contribution in [-0.2, 0) is 12.8 Å². The second-order valence-electron chi connectivity index (χ2n) is 5.12. The molecule has 110 valence electrons. The molecular formula is C17H20N2O2. The molecule has 0 aliphatic heterocycles. The van der Waals surface area contributed by atoms with E-state index < -0.39 is 0 Å². The number of benzene rings is 1. The first kappa shape index (κ1) is 15.1. The van der Waals surface area contributed by atoms with Crippen molar-refractivity contribution in [3.63, 3.8) is 0 Å². The largest absolute Gasteiger partial charge is 0.496 e. The standard InChI is InChI=1S/C17H20N2O2/c1-5-13-6-7-16(20-4)14(8-13)9-15(10-18)17-11(2)19-21-12(17)3/h6-8,15H,5,9H2,1-4H3. The van der Waals surface area contributed by atoms with E-state index in [1.807, 2.05) is 19.9 Å². The molecule has 1 aromatic carbocycles. The highest BCUT2D eigenvalue weighted by molar-refractivity contribution is 5.41. The van der Waals surface area contributed by atoms with E-state index in [4.69, 9.17) is 9.26 Å². The Labute approximate surface area is 125 Å². The van der Waals surface area contributed by atoms with Gasteiger partial charge in [-0.15, -0.1) is 0 Å². The van der Waals surface area contributed by atoms with E-state index >= 15 is 0 Å². The lowest BCUT2D eigenvalue weighted by Crippen LogP contribution is -2.05. The molecule has 0 bridgehead atoms. The molecule has 1 aromatic heterocycles. The third-order valence-corrected chi connectivity index (χ3v) is 3.77. The molecule has 1 heterocycles. The van der Waals surface area contributed by atoms with Gasteiger partial charge in [-0.1, -0.05) is 24.2 Å². The number of nitriles is 1. The normalized spacial score (nSPS) is 12.0. The van der Waals surface area contributed by atoms with Gasteiger partial charge in [-0.3, -0.25) is 0 Å². The minimum Gasteiger partial charge on any atom is -0.496 e. The maximum atomic E-state index is 9.54. The van der Waals surface area contributed by atoms with Gasteiger partial charge in [-0.25, -0.2) is 0 Å². The topological polar surface area (TPSA) is 59.0 Å². The maximum Gasteiger partial charge on any atom is 0.138 e. The zero-order chi connectivity index (χ0) is 15.4. The predicted octanol–water partition coefficient (Wildman–Crippen LogP) is 3.71. The summed E-state index contributed by atoms with van der Waals surface area (Å²) >= 11 is 0. The van der Waals surface area contributed by atoms with Gasteiger partial charge in [0.05, 0.1) is 24.8 Å². The van der Waals surface area contributed by atoms with Crippen LogP contribution in [0.3, 0.4) is 0 Å². The molecule has 2 rings (SSSR count). The second-order valence-corrected chi connectivity index (χ2v) is 5.12. The third kappa shape index (κ3) is 3.08. The number of aromatic nitrogens is 1. The van der Waals surface area contributed by atoms with E-state index in [2.05, 4.69) is 30.3 Å². The Balaban J connectivity index is 2.37. The molecule has 0 spiro atoms. The van der Waals surface area contributed by atoms with Crippen molar-refractivity contribution in [3.05, 3.63) is 46.3 Å². The number of nitrogens with zero attached hydrogens (tertiary/aromatic N) is 2. The summed E-state index contributed by atoms with van der Waals surface area (Å²) in [5, 5.41) is 13.5. The zero-order valence-electron chi connectivity index (χ0n) is 12.9. The Bertz CT molecular complexity index is 648. The van der Waals surface area contributed by atoms with Gasteiger partial charge in [0.15, 0.2) is 0 Å². The highest BCUT2D eigenvalue weighted by Gasteiger charge is 2.22. The van der Waals surface area contributed by atoms with Gasteiger partial charge < -0.3 is 9.26 Å². The molecule has 4 heteroatoms. The molecule has 0 amide bonds. The van der Waals surface area contributed by atoms with Gasteiger partial charge in [-0.05, 0) is 43.9 Å². The molecule has 0 aliphatic rings. The third-order valence-electron chi connectivity index (χ3n) is 3.77. The lowest BCUT2D eigenvalue weighted by Gasteiger charge is -2.13. The van der Waals surface area contributed by atoms with Crippen molar-refractivity contribution >= 4 is 0 Å². The molecule has 1 atom stereocenters. The first-order valence-corrected chi connectivity index (χ1v) is 7.08. The minimum absolute atomic E-state index is 0.280. The van der Waals surface area contributed by atoms with Crippen molar-refractivity contribution in [2.75, 3.05) is 7.11 Å². The molecule has 0 saturated carbocycles. The number of aryl methyl sites for hydroxylation is 3. The highest BCUT2D eigenvalue weighted by Crippen LogP contribution is 2.30. The molecule has 2 aromatic rings. The Morgan fingerprint density at radius 2 is 2.14 bits per heavy atom. The van der Waals surface area contributed by atoms with Crippen LogP contribution in [0.5, 0.6) is 5.75 Å². The molecular weight excluding hydrogens is 264 g/mol. The van der Waals surface area contributed by atoms with Gasteiger partial charge >= 0.3 is 0 Å². The molecule has 0 fully saturated rings. The molecule has 4 nitrogen and oxygen atoms in total. The molecule has 0 saturated heterocycles. The predicted molar refractivity (Wildman–Crippen MR) is 80.4 cm³/mol. The lowest BCUT2D eigenvalue weighted by atomic mass is 9.91. The summed E-state index contributed by atoms with van der Waals surface area (Å²) in [6.45, 7) is 5.83. The zero-order valence-corrected chi connectivity index (χ0v) is 12.9. The van der Waals surface area contributed by atoms with Crippen molar-refractivity contribution in [3.8, 4) is 11.8 Å². The second kappa shape index (κ2) is 6.45. The van der Waals surface area contributed by atoms with E-state index in [1.54, 1.807) is 7.11 Å². The number of hydrogen-bond acceptors (Lipinski definition) is 4. The van der Waals surface area contributed by atoms with E-state index in [-0.39, 0.29) is 5.92 Å². The fourth-order valence-electron chi connectivity index (χ4n) is 2.63. The SMILES string of the molecule is CCc1ccc(OC)c(CC(C#N)c2c(C)noc2C)c1. The Hall–Kier alpha value is -2.28. The summed E-state index contributed by atoms with van der Waals surface area (Å²) in [7, 11) is 1.65. The van der Waals surface area contributed by atoms with Gasteiger partial charge in [0.1, 0.15) is 11.5 Å². The van der Waals surface area contributed by atoms with E-state index in [1.165, 1.54) is 5.56 Å². The van der Waals surface area contributed by atoms with Crippen molar-refractivity contribution in [1.82, 2.24) is 5.16 Å². The average molecular weight is 284 g/mol.